The molecule has 0 saturated carbocycles. The molecule has 12 heavy (non-hydrogen) atoms. The summed E-state index contributed by atoms with van der Waals surface area (Å²) in [5.41, 5.74) is 4.27. The fourth-order valence-electron chi connectivity index (χ4n) is 1.53. The highest BCUT2D eigenvalue weighted by atomic mass is 14.1. The van der Waals surface area contributed by atoms with E-state index in [1.165, 1.54) is 16.7 Å². The van der Waals surface area contributed by atoms with Crippen molar-refractivity contribution in [2.45, 2.75) is 12.8 Å². The van der Waals surface area contributed by atoms with E-state index < -0.39 is 0 Å². The molecule has 0 fully saturated rings. The van der Waals surface area contributed by atoms with E-state index in [1.807, 2.05) is 6.08 Å². The average molecular weight is 156 g/mol. The molecule has 1 aliphatic rings. The molecule has 0 nitrogen and oxygen atoms in total. The molecule has 0 heteroatoms. The lowest BCUT2D eigenvalue weighted by Gasteiger charge is -2.14. The first kappa shape index (κ1) is 7.35. The number of benzene rings is 1. The summed E-state index contributed by atoms with van der Waals surface area (Å²) in [6.45, 7) is 3.73. The van der Waals surface area contributed by atoms with Gasteiger partial charge in [-0.2, -0.15) is 0 Å². The minimum absolute atomic E-state index is 1.07. The molecule has 0 heterocycles. The van der Waals surface area contributed by atoms with E-state index in [4.69, 9.17) is 0 Å². The van der Waals surface area contributed by atoms with Gasteiger partial charge in [-0.05, 0) is 29.5 Å². The predicted octanol–water partition coefficient (Wildman–Crippen LogP) is 3.29. The SMILES string of the molecule is C=CCCc1cccc2c1C=C2. The van der Waals surface area contributed by atoms with Crippen LogP contribution in [-0.4, -0.2) is 0 Å². The minimum atomic E-state index is 1.07. The Morgan fingerprint density at radius 3 is 2.83 bits per heavy atom. The lowest BCUT2D eigenvalue weighted by molar-refractivity contribution is 0.998. The van der Waals surface area contributed by atoms with Crippen molar-refractivity contribution in [3.63, 3.8) is 0 Å². The van der Waals surface area contributed by atoms with Crippen LogP contribution in [0.4, 0.5) is 0 Å². The van der Waals surface area contributed by atoms with Gasteiger partial charge in [-0.1, -0.05) is 36.4 Å². The normalized spacial score (nSPS) is 12.0. The van der Waals surface area contributed by atoms with Crippen LogP contribution in [0.3, 0.4) is 0 Å². The van der Waals surface area contributed by atoms with Crippen LogP contribution in [0.2, 0.25) is 0 Å². The predicted molar refractivity (Wildman–Crippen MR) is 53.9 cm³/mol. The monoisotopic (exact) mass is 156 g/mol. The Bertz CT molecular complexity index is 332. The third-order valence-electron chi connectivity index (χ3n) is 2.28. The zero-order valence-corrected chi connectivity index (χ0v) is 7.09. The van der Waals surface area contributed by atoms with Crippen LogP contribution < -0.4 is 0 Å². The molecule has 0 N–H and O–H groups in total. The van der Waals surface area contributed by atoms with Gasteiger partial charge in [0.1, 0.15) is 0 Å². The van der Waals surface area contributed by atoms with E-state index in [0.29, 0.717) is 0 Å². The lowest BCUT2D eigenvalue weighted by atomic mass is 9.91. The van der Waals surface area contributed by atoms with Crippen LogP contribution in [0.1, 0.15) is 23.1 Å². The Morgan fingerprint density at radius 1 is 1.25 bits per heavy atom. The van der Waals surface area contributed by atoms with Crippen molar-refractivity contribution < 1.29 is 0 Å². The minimum Gasteiger partial charge on any atom is -0.103 e. The number of fused-ring (bicyclic) bond motifs is 1. The van der Waals surface area contributed by atoms with Gasteiger partial charge >= 0.3 is 0 Å². The van der Waals surface area contributed by atoms with Crippen molar-refractivity contribution in [2.24, 2.45) is 0 Å². The van der Waals surface area contributed by atoms with Gasteiger partial charge in [-0.3, -0.25) is 0 Å². The van der Waals surface area contributed by atoms with Crippen molar-refractivity contribution in [1.29, 1.82) is 0 Å². The highest BCUT2D eigenvalue weighted by Crippen LogP contribution is 2.27. The van der Waals surface area contributed by atoms with Crippen LogP contribution >= 0.6 is 0 Å². The molecule has 0 unspecified atom stereocenters. The van der Waals surface area contributed by atoms with E-state index >= 15 is 0 Å². The number of rotatable bonds is 3. The number of hydrogen-bond donors (Lipinski definition) is 0. The molecule has 60 valence electrons. The average Bonchev–Trinajstić information content (AvgIpc) is 2.04. The largest absolute Gasteiger partial charge is 0.103 e. The summed E-state index contributed by atoms with van der Waals surface area (Å²) in [7, 11) is 0. The smallest absolute Gasteiger partial charge is 0.0152 e. The summed E-state index contributed by atoms with van der Waals surface area (Å²) in [5.74, 6) is 0. The fraction of sp³-hybridized carbons (Fsp3) is 0.167. The maximum Gasteiger partial charge on any atom is -0.0152 e. The fourth-order valence-corrected chi connectivity index (χ4v) is 1.53. The highest BCUT2D eigenvalue weighted by molar-refractivity contribution is 5.87. The van der Waals surface area contributed by atoms with Crippen LogP contribution in [-0.2, 0) is 6.42 Å². The summed E-state index contributed by atoms with van der Waals surface area (Å²) in [4.78, 5) is 0. The Kier molecular flexibility index (Phi) is 1.83. The molecule has 1 aromatic carbocycles. The Balaban J connectivity index is 2.23. The molecule has 0 aromatic heterocycles. The Hall–Kier alpha value is -1.30. The number of allylic oxidation sites excluding steroid dienone is 1. The van der Waals surface area contributed by atoms with E-state index in [9.17, 15) is 0 Å². The molecule has 0 radical (unpaired) electrons. The van der Waals surface area contributed by atoms with Gasteiger partial charge in [0.15, 0.2) is 0 Å². The maximum absolute atomic E-state index is 3.73. The van der Waals surface area contributed by atoms with Gasteiger partial charge in [-0.25, -0.2) is 0 Å². The standard InChI is InChI=1S/C12H12/c1-2-3-5-10-6-4-7-11-8-9-12(10)11/h2,4,6-9H,1,3,5H2. The van der Waals surface area contributed by atoms with Crippen molar-refractivity contribution >= 4 is 12.2 Å². The summed E-state index contributed by atoms with van der Waals surface area (Å²) in [5, 5.41) is 0. The summed E-state index contributed by atoms with van der Waals surface area (Å²) < 4.78 is 0. The molecule has 0 aliphatic heterocycles. The second-order valence-corrected chi connectivity index (χ2v) is 3.08. The van der Waals surface area contributed by atoms with Crippen molar-refractivity contribution in [1.82, 2.24) is 0 Å². The molecule has 0 atom stereocenters. The molecule has 0 bridgehead atoms. The maximum atomic E-state index is 3.73. The first-order chi connectivity index (χ1) is 5.92. The van der Waals surface area contributed by atoms with Gasteiger partial charge in [0, 0.05) is 0 Å². The first-order valence-electron chi connectivity index (χ1n) is 4.32. The van der Waals surface area contributed by atoms with Gasteiger partial charge in [0.25, 0.3) is 0 Å². The van der Waals surface area contributed by atoms with E-state index in [-0.39, 0.29) is 0 Å². The summed E-state index contributed by atoms with van der Waals surface area (Å²) in [6.07, 6.45) is 8.52. The van der Waals surface area contributed by atoms with Crippen molar-refractivity contribution in [2.75, 3.05) is 0 Å². The molecular weight excluding hydrogens is 144 g/mol. The first-order valence-corrected chi connectivity index (χ1v) is 4.32. The second kappa shape index (κ2) is 2.98. The molecule has 1 aromatic rings. The molecule has 0 spiro atoms. The van der Waals surface area contributed by atoms with Crippen LogP contribution in [0.25, 0.3) is 12.2 Å². The van der Waals surface area contributed by atoms with Crippen LogP contribution in [0.5, 0.6) is 0 Å². The van der Waals surface area contributed by atoms with Gasteiger partial charge in [0.2, 0.25) is 0 Å². The van der Waals surface area contributed by atoms with Crippen molar-refractivity contribution in [3.05, 3.63) is 47.5 Å². The van der Waals surface area contributed by atoms with Crippen LogP contribution in [0.15, 0.2) is 30.9 Å². The third kappa shape index (κ3) is 1.10. The van der Waals surface area contributed by atoms with Crippen LogP contribution in [0, 0.1) is 0 Å². The summed E-state index contributed by atoms with van der Waals surface area (Å²) in [6, 6.07) is 6.49. The lowest BCUT2D eigenvalue weighted by Crippen LogP contribution is -1.96. The molecule has 0 amide bonds. The van der Waals surface area contributed by atoms with Gasteiger partial charge < -0.3 is 0 Å². The Morgan fingerprint density at radius 2 is 2.17 bits per heavy atom. The molecule has 1 aliphatic carbocycles. The topological polar surface area (TPSA) is 0 Å². The molecule has 0 saturated heterocycles. The van der Waals surface area contributed by atoms with Crippen molar-refractivity contribution in [3.8, 4) is 0 Å². The summed E-state index contributed by atoms with van der Waals surface area (Å²) >= 11 is 0. The zero-order chi connectivity index (χ0) is 8.39. The van der Waals surface area contributed by atoms with Gasteiger partial charge in [-0.15, -0.1) is 6.58 Å². The quantitative estimate of drug-likeness (QED) is 0.598. The Labute approximate surface area is 73.2 Å². The van der Waals surface area contributed by atoms with E-state index in [2.05, 4.69) is 36.9 Å². The third-order valence-corrected chi connectivity index (χ3v) is 2.28. The zero-order valence-electron chi connectivity index (χ0n) is 7.09. The number of hydrogen-bond acceptors (Lipinski definition) is 0. The highest BCUT2D eigenvalue weighted by Gasteiger charge is 2.08. The van der Waals surface area contributed by atoms with E-state index in [1.54, 1.807) is 0 Å². The van der Waals surface area contributed by atoms with E-state index in [0.717, 1.165) is 12.8 Å². The number of aryl methyl sites for hydroxylation is 1. The molecule has 2 rings (SSSR count). The van der Waals surface area contributed by atoms with Gasteiger partial charge in [0.05, 0.1) is 0 Å². The molecular formula is C12H12. The second-order valence-electron chi connectivity index (χ2n) is 3.08.